The van der Waals surface area contributed by atoms with Crippen LogP contribution >= 0.6 is 0 Å². The van der Waals surface area contributed by atoms with Crippen LogP contribution in [-0.2, 0) is 14.3 Å². The minimum Gasteiger partial charge on any atom is -0.466 e. The first-order chi connectivity index (χ1) is 8.42. The smallest absolute Gasteiger partial charge is 0.307 e. The second-order valence-electron chi connectivity index (χ2n) is 4.94. The Labute approximate surface area is 110 Å². The molecule has 0 aromatic rings. The van der Waals surface area contributed by atoms with Crippen molar-refractivity contribution in [3.05, 3.63) is 0 Å². The van der Waals surface area contributed by atoms with Gasteiger partial charge in [-0.25, -0.2) is 0 Å². The monoisotopic (exact) mass is 257 g/mol. The quantitative estimate of drug-likeness (QED) is 0.680. The molecular weight excluding hydrogens is 230 g/mol. The lowest BCUT2D eigenvalue weighted by Gasteiger charge is -2.28. The summed E-state index contributed by atoms with van der Waals surface area (Å²) < 4.78 is 4.95. The van der Waals surface area contributed by atoms with E-state index in [9.17, 15) is 9.59 Å². The molecule has 0 heterocycles. The molecule has 0 radical (unpaired) electrons. The largest absolute Gasteiger partial charge is 0.466 e. The average molecular weight is 257 g/mol. The van der Waals surface area contributed by atoms with Gasteiger partial charge in [-0.2, -0.15) is 0 Å². The number of amides is 1. The Bertz CT molecular complexity index is 266. The van der Waals surface area contributed by atoms with E-state index < -0.39 is 0 Å². The third-order valence-corrected chi connectivity index (χ3v) is 3.36. The van der Waals surface area contributed by atoms with Crippen molar-refractivity contribution >= 4 is 11.9 Å². The highest BCUT2D eigenvalue weighted by Crippen LogP contribution is 2.22. The zero-order chi connectivity index (χ0) is 14.1. The van der Waals surface area contributed by atoms with Crippen LogP contribution in [0.2, 0.25) is 0 Å². The van der Waals surface area contributed by atoms with E-state index in [2.05, 4.69) is 26.1 Å². The molecule has 0 unspecified atom stereocenters. The van der Waals surface area contributed by atoms with Crippen molar-refractivity contribution in [3.63, 3.8) is 0 Å². The number of carbonyl (C=O) groups is 2. The van der Waals surface area contributed by atoms with Gasteiger partial charge >= 0.3 is 5.97 Å². The molecule has 0 fully saturated rings. The molecule has 0 saturated carbocycles. The maximum absolute atomic E-state index is 11.5. The molecule has 0 aliphatic rings. The molecule has 0 rings (SSSR count). The number of esters is 1. The van der Waals surface area contributed by atoms with Gasteiger partial charge in [-0.3, -0.25) is 9.59 Å². The average Bonchev–Trinajstić information content (AvgIpc) is 2.27. The predicted octanol–water partition coefficient (Wildman–Crippen LogP) is 2.52. The fraction of sp³-hybridized carbons (Fsp3) is 0.857. The molecule has 0 bridgehead atoms. The molecule has 3 atom stereocenters. The minimum atomic E-state index is -0.244. The van der Waals surface area contributed by atoms with E-state index in [0.717, 1.165) is 12.8 Å². The van der Waals surface area contributed by atoms with Crippen LogP contribution in [0.4, 0.5) is 0 Å². The third-order valence-electron chi connectivity index (χ3n) is 3.36. The van der Waals surface area contributed by atoms with Crippen LogP contribution in [0.5, 0.6) is 0 Å². The van der Waals surface area contributed by atoms with Gasteiger partial charge in [0.2, 0.25) is 5.91 Å². The van der Waals surface area contributed by atoms with Gasteiger partial charge in [0, 0.05) is 13.0 Å². The van der Waals surface area contributed by atoms with Gasteiger partial charge in [0.25, 0.3) is 0 Å². The molecule has 1 amide bonds. The predicted molar refractivity (Wildman–Crippen MR) is 72.1 cm³/mol. The highest BCUT2D eigenvalue weighted by molar-refractivity contribution is 5.75. The molecule has 0 aliphatic heterocycles. The van der Waals surface area contributed by atoms with Crippen LogP contribution in [0.3, 0.4) is 0 Å². The van der Waals surface area contributed by atoms with Crippen LogP contribution in [0.1, 0.15) is 53.9 Å². The van der Waals surface area contributed by atoms with Gasteiger partial charge in [-0.15, -0.1) is 0 Å². The number of rotatable bonds is 8. The summed E-state index contributed by atoms with van der Waals surface area (Å²) in [6.45, 7) is 10.0. The van der Waals surface area contributed by atoms with Crippen molar-refractivity contribution in [1.82, 2.24) is 5.32 Å². The summed E-state index contributed by atoms with van der Waals surface area (Å²) in [6, 6.07) is -0.136. The molecule has 4 nitrogen and oxygen atoms in total. The Morgan fingerprint density at radius 2 is 1.83 bits per heavy atom. The van der Waals surface area contributed by atoms with Crippen LogP contribution < -0.4 is 5.32 Å². The van der Waals surface area contributed by atoms with Crippen molar-refractivity contribution < 1.29 is 14.3 Å². The Morgan fingerprint density at radius 3 is 2.28 bits per heavy atom. The Morgan fingerprint density at radius 1 is 1.22 bits per heavy atom. The van der Waals surface area contributed by atoms with Gasteiger partial charge < -0.3 is 10.1 Å². The maximum Gasteiger partial charge on any atom is 0.307 e. The SMILES string of the molecule is CCC[C@@H](C)[C@@H](C)[C@@H](CC(=O)OCC)NC(C)=O. The number of ether oxygens (including phenoxy) is 1. The Kier molecular flexibility index (Phi) is 8.42. The van der Waals surface area contributed by atoms with E-state index in [1.54, 1.807) is 6.92 Å². The number of carbonyl (C=O) groups excluding carboxylic acids is 2. The molecular formula is C14H27NO3. The Balaban J connectivity index is 4.55. The lowest BCUT2D eigenvalue weighted by Crippen LogP contribution is -2.42. The van der Waals surface area contributed by atoms with Crippen LogP contribution in [0.25, 0.3) is 0 Å². The molecule has 4 heteroatoms. The summed E-state index contributed by atoms with van der Waals surface area (Å²) in [7, 11) is 0. The van der Waals surface area contributed by atoms with Crippen LogP contribution in [-0.4, -0.2) is 24.5 Å². The van der Waals surface area contributed by atoms with Crippen molar-refractivity contribution in [2.45, 2.75) is 59.9 Å². The second-order valence-corrected chi connectivity index (χ2v) is 4.94. The summed E-state index contributed by atoms with van der Waals surface area (Å²) in [5.41, 5.74) is 0. The zero-order valence-corrected chi connectivity index (χ0v) is 12.3. The summed E-state index contributed by atoms with van der Waals surface area (Å²) in [6.07, 6.45) is 2.46. The van der Waals surface area contributed by atoms with E-state index in [-0.39, 0.29) is 30.3 Å². The number of hydrogen-bond donors (Lipinski definition) is 1. The lowest BCUT2D eigenvalue weighted by molar-refractivity contribution is -0.144. The van der Waals surface area contributed by atoms with Crippen molar-refractivity contribution in [2.75, 3.05) is 6.61 Å². The van der Waals surface area contributed by atoms with Gasteiger partial charge in [0.1, 0.15) is 0 Å². The summed E-state index contributed by atoms with van der Waals surface area (Å²) >= 11 is 0. The van der Waals surface area contributed by atoms with Gasteiger partial charge in [0.15, 0.2) is 0 Å². The molecule has 0 aromatic carbocycles. The van der Waals surface area contributed by atoms with Gasteiger partial charge in [-0.1, -0.05) is 33.6 Å². The Hall–Kier alpha value is -1.06. The van der Waals surface area contributed by atoms with Crippen LogP contribution in [0, 0.1) is 11.8 Å². The van der Waals surface area contributed by atoms with E-state index in [1.807, 2.05) is 0 Å². The van der Waals surface area contributed by atoms with E-state index >= 15 is 0 Å². The second kappa shape index (κ2) is 8.95. The lowest BCUT2D eigenvalue weighted by atomic mass is 9.84. The first kappa shape index (κ1) is 16.9. The zero-order valence-electron chi connectivity index (χ0n) is 12.3. The summed E-state index contributed by atoms with van der Waals surface area (Å²) in [5, 5.41) is 2.87. The highest BCUT2D eigenvalue weighted by Gasteiger charge is 2.25. The topological polar surface area (TPSA) is 55.4 Å². The first-order valence-corrected chi connectivity index (χ1v) is 6.85. The van der Waals surface area contributed by atoms with Crippen molar-refractivity contribution in [2.24, 2.45) is 11.8 Å². The van der Waals surface area contributed by atoms with Gasteiger partial charge in [-0.05, 0) is 18.8 Å². The summed E-state index contributed by atoms with van der Waals surface area (Å²) in [4.78, 5) is 22.8. The first-order valence-electron chi connectivity index (χ1n) is 6.85. The fourth-order valence-corrected chi connectivity index (χ4v) is 2.14. The molecule has 0 saturated heterocycles. The number of hydrogen-bond acceptors (Lipinski definition) is 3. The summed E-state index contributed by atoms with van der Waals surface area (Å²) in [5.74, 6) is 0.395. The minimum absolute atomic E-state index is 0.0974. The van der Waals surface area contributed by atoms with Crippen LogP contribution in [0.15, 0.2) is 0 Å². The normalized spacial score (nSPS) is 15.6. The van der Waals surface area contributed by atoms with E-state index in [1.165, 1.54) is 6.92 Å². The molecule has 0 aliphatic carbocycles. The fourth-order valence-electron chi connectivity index (χ4n) is 2.14. The molecule has 1 N–H and O–H groups in total. The maximum atomic E-state index is 11.5. The molecule has 0 aromatic heterocycles. The molecule has 106 valence electrons. The van der Waals surface area contributed by atoms with Crippen molar-refractivity contribution in [1.29, 1.82) is 0 Å². The highest BCUT2D eigenvalue weighted by atomic mass is 16.5. The molecule has 0 spiro atoms. The third kappa shape index (κ3) is 6.62. The van der Waals surface area contributed by atoms with E-state index in [4.69, 9.17) is 4.74 Å². The number of nitrogens with one attached hydrogen (secondary N) is 1. The van der Waals surface area contributed by atoms with E-state index in [0.29, 0.717) is 12.5 Å². The standard InChI is InChI=1S/C14H27NO3/c1-6-8-10(3)11(4)13(15-12(5)16)9-14(17)18-7-2/h10-11,13H,6-9H2,1-5H3,(H,15,16)/t10-,11-,13-/m1/s1. The van der Waals surface area contributed by atoms with Gasteiger partial charge in [0.05, 0.1) is 13.0 Å². The van der Waals surface area contributed by atoms with Crippen molar-refractivity contribution in [3.8, 4) is 0 Å². The molecule has 18 heavy (non-hydrogen) atoms.